The molecule has 0 spiro atoms. The molecule has 11 rings (SSSR count). The van der Waals surface area contributed by atoms with E-state index in [4.69, 9.17) is 19.4 Å². The van der Waals surface area contributed by atoms with Crippen molar-refractivity contribution in [1.82, 2.24) is 19.5 Å². The number of thiophene rings is 1. The summed E-state index contributed by atoms with van der Waals surface area (Å²) >= 11 is 1.81. The van der Waals surface area contributed by atoms with E-state index in [2.05, 4.69) is 89.5 Å². The van der Waals surface area contributed by atoms with Gasteiger partial charge < -0.3 is 8.98 Å². The Kier molecular flexibility index (Phi) is 6.05. The van der Waals surface area contributed by atoms with E-state index >= 15 is 0 Å². The highest BCUT2D eigenvalue weighted by atomic mass is 32.1. The summed E-state index contributed by atoms with van der Waals surface area (Å²) in [6, 6.07) is 54.8. The van der Waals surface area contributed by atoms with E-state index in [0.29, 0.717) is 17.5 Å². The summed E-state index contributed by atoms with van der Waals surface area (Å²) in [7, 11) is 0. The Bertz CT molecular complexity index is 3080. The third kappa shape index (κ3) is 4.30. The fourth-order valence-electron chi connectivity index (χ4n) is 7.55. The first-order valence-electron chi connectivity index (χ1n) is 16.9. The van der Waals surface area contributed by atoms with Crippen molar-refractivity contribution >= 4 is 75.3 Å². The van der Waals surface area contributed by atoms with E-state index in [1.165, 1.54) is 25.6 Å². The van der Waals surface area contributed by atoms with Crippen LogP contribution in [0, 0.1) is 0 Å². The lowest BCUT2D eigenvalue weighted by Crippen LogP contribution is -2.01. The monoisotopic (exact) mass is 670 g/mol. The maximum Gasteiger partial charge on any atom is 0.164 e. The van der Waals surface area contributed by atoms with Crippen molar-refractivity contribution in [3.8, 4) is 39.9 Å². The highest BCUT2D eigenvalue weighted by Gasteiger charge is 2.22. The molecule has 0 unspecified atom stereocenters. The molecular formula is C45H26N4OS. The van der Waals surface area contributed by atoms with Crippen molar-refractivity contribution in [3.63, 3.8) is 0 Å². The first-order valence-corrected chi connectivity index (χ1v) is 17.8. The molecule has 0 saturated carbocycles. The largest absolute Gasteiger partial charge is 0.456 e. The number of hydrogen-bond donors (Lipinski definition) is 0. The van der Waals surface area contributed by atoms with Crippen LogP contribution in [0.1, 0.15) is 0 Å². The number of hydrogen-bond acceptors (Lipinski definition) is 5. The summed E-state index contributed by atoms with van der Waals surface area (Å²) in [6.07, 6.45) is 0. The van der Waals surface area contributed by atoms with Crippen molar-refractivity contribution < 1.29 is 4.42 Å². The van der Waals surface area contributed by atoms with Crippen LogP contribution in [0.2, 0.25) is 0 Å². The topological polar surface area (TPSA) is 56.7 Å². The van der Waals surface area contributed by atoms with Crippen LogP contribution < -0.4 is 0 Å². The van der Waals surface area contributed by atoms with E-state index in [0.717, 1.165) is 60.7 Å². The lowest BCUT2D eigenvalue weighted by molar-refractivity contribution is 0.669. The Morgan fingerprint density at radius 2 is 1.08 bits per heavy atom. The summed E-state index contributed by atoms with van der Waals surface area (Å²) in [4.78, 5) is 15.3. The number of nitrogens with zero attached hydrogens (tertiary/aromatic N) is 4. The number of aromatic nitrogens is 4. The molecule has 0 aliphatic heterocycles. The van der Waals surface area contributed by atoms with Gasteiger partial charge in [0.15, 0.2) is 17.5 Å². The molecule has 0 bridgehead atoms. The zero-order chi connectivity index (χ0) is 33.5. The van der Waals surface area contributed by atoms with Crippen LogP contribution in [-0.4, -0.2) is 19.5 Å². The second kappa shape index (κ2) is 10.9. The van der Waals surface area contributed by atoms with Crippen LogP contribution in [0.15, 0.2) is 162 Å². The number of fused-ring (bicyclic) bond motifs is 9. The lowest BCUT2D eigenvalue weighted by Gasteiger charge is -2.13. The molecule has 5 nitrogen and oxygen atoms in total. The quantitative estimate of drug-likeness (QED) is 0.187. The molecule has 0 saturated heterocycles. The van der Waals surface area contributed by atoms with E-state index in [1.807, 2.05) is 72.8 Å². The predicted molar refractivity (Wildman–Crippen MR) is 211 cm³/mol. The van der Waals surface area contributed by atoms with E-state index in [-0.39, 0.29) is 0 Å². The SMILES string of the molecule is c1ccc(-c2nc(-c3ccccc3)nc(-c3ccc(-n4c5ccccc5c5cc6c(cc54)oc4ccccc46)c4sc5ccccc5c34)n2)cc1. The number of benzene rings is 7. The number of para-hydroxylation sites is 2. The molecule has 7 aromatic carbocycles. The fourth-order valence-corrected chi connectivity index (χ4v) is 8.79. The fraction of sp³-hybridized carbons (Fsp3) is 0. The average Bonchev–Trinajstić information content (AvgIpc) is 3.87. The average molecular weight is 671 g/mol. The zero-order valence-electron chi connectivity index (χ0n) is 27.1. The Balaban J connectivity index is 1.22. The smallest absolute Gasteiger partial charge is 0.164 e. The molecule has 4 heterocycles. The molecule has 0 fully saturated rings. The Labute approximate surface area is 295 Å². The van der Waals surface area contributed by atoms with Gasteiger partial charge in [0.25, 0.3) is 0 Å². The van der Waals surface area contributed by atoms with Crippen molar-refractivity contribution in [2.24, 2.45) is 0 Å². The van der Waals surface area contributed by atoms with Crippen molar-refractivity contribution in [2.45, 2.75) is 0 Å². The summed E-state index contributed by atoms with van der Waals surface area (Å²) in [5.41, 5.74) is 8.01. The minimum Gasteiger partial charge on any atom is -0.456 e. The summed E-state index contributed by atoms with van der Waals surface area (Å²) in [5, 5.41) is 6.97. The van der Waals surface area contributed by atoms with E-state index in [9.17, 15) is 0 Å². The molecular weight excluding hydrogens is 645 g/mol. The summed E-state index contributed by atoms with van der Waals surface area (Å²) in [6.45, 7) is 0. The standard InChI is InChI=1S/C45H26N4OS/c1-3-13-27(14-4-1)43-46-44(28-15-5-2-6-16-28)48-45(47-43)32-23-24-36(42-41(32)31-19-9-12-22-40(31)51-42)49-35-20-10-7-17-29(35)33-25-34-30-18-8-11-21-38(30)50-39(34)26-37(33)49/h1-26H. The minimum absolute atomic E-state index is 0.647. The summed E-state index contributed by atoms with van der Waals surface area (Å²) < 4.78 is 11.2. The second-order valence-electron chi connectivity index (χ2n) is 12.8. The summed E-state index contributed by atoms with van der Waals surface area (Å²) in [5.74, 6) is 1.94. The third-order valence-corrected chi connectivity index (χ3v) is 11.1. The molecule has 0 N–H and O–H groups in total. The van der Waals surface area contributed by atoms with Crippen molar-refractivity contribution in [2.75, 3.05) is 0 Å². The van der Waals surface area contributed by atoms with Gasteiger partial charge in [0.1, 0.15) is 11.2 Å². The van der Waals surface area contributed by atoms with Crippen LogP contribution >= 0.6 is 11.3 Å². The van der Waals surface area contributed by atoms with Gasteiger partial charge in [-0.3, -0.25) is 0 Å². The molecule has 0 atom stereocenters. The van der Waals surface area contributed by atoms with E-state index < -0.39 is 0 Å². The van der Waals surface area contributed by atoms with E-state index in [1.54, 1.807) is 11.3 Å². The van der Waals surface area contributed by atoms with Gasteiger partial charge in [0.05, 0.1) is 21.4 Å². The predicted octanol–water partition coefficient (Wildman–Crippen LogP) is 12.2. The van der Waals surface area contributed by atoms with Gasteiger partial charge in [-0.05, 0) is 36.4 Å². The molecule has 238 valence electrons. The molecule has 0 amide bonds. The lowest BCUT2D eigenvalue weighted by atomic mass is 10.0. The van der Waals surface area contributed by atoms with Gasteiger partial charge in [-0.25, -0.2) is 15.0 Å². The zero-order valence-corrected chi connectivity index (χ0v) is 27.9. The van der Waals surface area contributed by atoms with Gasteiger partial charge in [0.2, 0.25) is 0 Å². The van der Waals surface area contributed by atoms with Crippen LogP contribution in [0.4, 0.5) is 0 Å². The highest BCUT2D eigenvalue weighted by Crippen LogP contribution is 2.45. The van der Waals surface area contributed by atoms with Gasteiger partial charge >= 0.3 is 0 Å². The first kappa shape index (κ1) is 28.2. The van der Waals surface area contributed by atoms with Gasteiger partial charge in [-0.1, -0.05) is 115 Å². The first-order chi connectivity index (χ1) is 25.3. The van der Waals surface area contributed by atoms with Crippen LogP contribution in [0.5, 0.6) is 0 Å². The van der Waals surface area contributed by atoms with Crippen molar-refractivity contribution in [1.29, 1.82) is 0 Å². The second-order valence-corrected chi connectivity index (χ2v) is 13.8. The normalized spacial score (nSPS) is 11.9. The Hall–Kier alpha value is -6.63. The molecule has 0 aliphatic carbocycles. The maximum atomic E-state index is 6.42. The molecule has 51 heavy (non-hydrogen) atoms. The Morgan fingerprint density at radius 3 is 1.84 bits per heavy atom. The molecule has 4 aromatic heterocycles. The molecule has 11 aromatic rings. The Morgan fingerprint density at radius 1 is 0.451 bits per heavy atom. The van der Waals surface area contributed by atoms with Crippen LogP contribution in [0.25, 0.3) is 104 Å². The highest BCUT2D eigenvalue weighted by molar-refractivity contribution is 7.26. The van der Waals surface area contributed by atoms with Crippen LogP contribution in [-0.2, 0) is 0 Å². The molecule has 0 aliphatic rings. The number of rotatable bonds is 4. The van der Waals surface area contributed by atoms with Crippen molar-refractivity contribution in [3.05, 3.63) is 158 Å². The van der Waals surface area contributed by atoms with Crippen LogP contribution in [0.3, 0.4) is 0 Å². The number of furan rings is 1. The minimum atomic E-state index is 0.647. The molecule has 0 radical (unpaired) electrons. The van der Waals surface area contributed by atoms with Gasteiger partial charge in [-0.2, -0.15) is 0 Å². The molecule has 6 heteroatoms. The van der Waals surface area contributed by atoms with Gasteiger partial charge in [0, 0.05) is 59.8 Å². The maximum absolute atomic E-state index is 6.42. The third-order valence-electron chi connectivity index (χ3n) is 9.86. The van der Waals surface area contributed by atoms with Gasteiger partial charge in [-0.15, -0.1) is 11.3 Å².